The predicted molar refractivity (Wildman–Crippen MR) is 87.1 cm³/mol. The molecule has 2 heterocycles. The Labute approximate surface area is 124 Å². The lowest BCUT2D eigenvalue weighted by atomic mass is 9.88. The monoisotopic (exact) mass is 287 g/mol. The molecule has 1 aliphatic heterocycles. The quantitative estimate of drug-likeness (QED) is 0.911. The molecule has 1 fully saturated rings. The number of benzene rings is 1. The van der Waals surface area contributed by atoms with Gasteiger partial charge in [0.1, 0.15) is 10.8 Å². The Kier molecular flexibility index (Phi) is 3.66. The lowest BCUT2D eigenvalue weighted by Gasteiger charge is -2.36. The highest BCUT2D eigenvalue weighted by molar-refractivity contribution is 7.11. The minimum atomic E-state index is 0.655. The third-order valence-electron chi connectivity index (χ3n) is 4.38. The highest BCUT2D eigenvalue weighted by atomic mass is 32.1. The number of hydrogen-bond donors (Lipinski definition) is 1. The van der Waals surface area contributed by atoms with Crippen molar-refractivity contribution in [3.8, 4) is 11.1 Å². The van der Waals surface area contributed by atoms with Gasteiger partial charge in [0.2, 0.25) is 0 Å². The van der Waals surface area contributed by atoms with Crippen LogP contribution < -0.4 is 10.6 Å². The smallest absolute Gasteiger partial charge is 0.147 e. The van der Waals surface area contributed by atoms with Crippen molar-refractivity contribution in [3.63, 3.8) is 0 Å². The minimum absolute atomic E-state index is 0.655. The molecule has 0 radical (unpaired) electrons. The molecule has 2 N–H and O–H groups in total. The first-order valence-electron chi connectivity index (χ1n) is 7.22. The average molecular weight is 287 g/mol. The maximum atomic E-state index is 6.11. The molecule has 3 nitrogen and oxygen atoms in total. The Bertz CT molecular complexity index is 579. The molecule has 1 aromatic heterocycles. The first kappa shape index (κ1) is 13.4. The summed E-state index contributed by atoms with van der Waals surface area (Å²) in [6.07, 6.45) is 1.24. The Morgan fingerprint density at radius 3 is 2.65 bits per heavy atom. The van der Waals surface area contributed by atoms with E-state index in [1.54, 1.807) is 0 Å². The van der Waals surface area contributed by atoms with Crippen LogP contribution in [0.25, 0.3) is 11.1 Å². The van der Waals surface area contributed by atoms with Crippen molar-refractivity contribution < 1.29 is 0 Å². The fourth-order valence-electron chi connectivity index (χ4n) is 2.83. The number of nitrogens with two attached hydrogens (primary N) is 1. The zero-order chi connectivity index (χ0) is 14.1. The van der Waals surface area contributed by atoms with E-state index in [1.165, 1.54) is 28.5 Å². The SMILES string of the molecule is CC1CCN(c2snc(N)c2-c2ccccc2)CC1C. The summed E-state index contributed by atoms with van der Waals surface area (Å²) in [5, 5.41) is 1.23. The van der Waals surface area contributed by atoms with Crippen molar-refractivity contribution in [2.24, 2.45) is 11.8 Å². The van der Waals surface area contributed by atoms with Gasteiger partial charge in [0.15, 0.2) is 0 Å². The minimum Gasteiger partial charge on any atom is -0.382 e. The van der Waals surface area contributed by atoms with E-state index < -0.39 is 0 Å². The normalized spacial score (nSPS) is 23.0. The van der Waals surface area contributed by atoms with Gasteiger partial charge in [-0.05, 0) is 35.4 Å². The summed E-state index contributed by atoms with van der Waals surface area (Å²) in [5.74, 6) is 2.18. The molecule has 0 amide bonds. The molecule has 0 aliphatic carbocycles. The number of aromatic nitrogens is 1. The molecule has 2 atom stereocenters. The molecule has 0 spiro atoms. The molecule has 106 valence electrons. The van der Waals surface area contributed by atoms with Crippen molar-refractivity contribution in [2.45, 2.75) is 20.3 Å². The molecule has 3 rings (SSSR count). The van der Waals surface area contributed by atoms with Gasteiger partial charge in [-0.1, -0.05) is 44.2 Å². The zero-order valence-corrected chi connectivity index (χ0v) is 12.9. The van der Waals surface area contributed by atoms with E-state index in [0.717, 1.165) is 30.5 Å². The van der Waals surface area contributed by atoms with Crippen LogP contribution in [0.5, 0.6) is 0 Å². The molecule has 1 aliphatic rings. The number of hydrogen-bond acceptors (Lipinski definition) is 4. The topological polar surface area (TPSA) is 42.2 Å². The number of rotatable bonds is 2. The maximum Gasteiger partial charge on any atom is 0.147 e. The fourth-order valence-corrected chi connectivity index (χ4v) is 3.70. The van der Waals surface area contributed by atoms with Gasteiger partial charge in [0.05, 0.1) is 5.56 Å². The molecule has 2 unspecified atom stereocenters. The maximum absolute atomic E-state index is 6.11. The van der Waals surface area contributed by atoms with E-state index in [9.17, 15) is 0 Å². The van der Waals surface area contributed by atoms with Crippen LogP contribution in [0.15, 0.2) is 30.3 Å². The molecule has 20 heavy (non-hydrogen) atoms. The number of nitrogen functional groups attached to an aromatic ring is 1. The van der Waals surface area contributed by atoms with E-state index in [0.29, 0.717) is 5.82 Å². The molecular weight excluding hydrogens is 266 g/mol. The van der Waals surface area contributed by atoms with E-state index in [4.69, 9.17) is 5.73 Å². The highest BCUT2D eigenvalue weighted by Gasteiger charge is 2.26. The number of anilines is 2. The van der Waals surface area contributed by atoms with Crippen LogP contribution in [0.3, 0.4) is 0 Å². The summed E-state index contributed by atoms with van der Waals surface area (Å²) in [5.41, 5.74) is 8.39. The van der Waals surface area contributed by atoms with Gasteiger partial charge in [-0.3, -0.25) is 0 Å². The Hall–Kier alpha value is -1.55. The fraction of sp³-hybridized carbons (Fsp3) is 0.438. The first-order chi connectivity index (χ1) is 9.66. The van der Waals surface area contributed by atoms with Crippen molar-refractivity contribution in [1.82, 2.24) is 4.37 Å². The predicted octanol–water partition coefficient (Wildman–Crippen LogP) is 3.87. The summed E-state index contributed by atoms with van der Waals surface area (Å²) in [6, 6.07) is 10.4. The van der Waals surface area contributed by atoms with Gasteiger partial charge in [0.25, 0.3) is 0 Å². The van der Waals surface area contributed by atoms with E-state index >= 15 is 0 Å². The van der Waals surface area contributed by atoms with Gasteiger partial charge >= 0.3 is 0 Å². The summed E-state index contributed by atoms with van der Waals surface area (Å²) in [6.45, 7) is 6.89. The van der Waals surface area contributed by atoms with E-state index in [1.807, 2.05) is 6.07 Å². The summed E-state index contributed by atoms with van der Waals surface area (Å²) in [7, 11) is 0. The lowest BCUT2D eigenvalue weighted by molar-refractivity contribution is 0.325. The second-order valence-electron chi connectivity index (χ2n) is 5.80. The summed E-state index contributed by atoms with van der Waals surface area (Å²) >= 11 is 1.53. The summed E-state index contributed by atoms with van der Waals surface area (Å²) in [4.78, 5) is 2.46. The van der Waals surface area contributed by atoms with E-state index in [2.05, 4.69) is 47.4 Å². The molecule has 1 aromatic carbocycles. The van der Waals surface area contributed by atoms with E-state index in [-0.39, 0.29) is 0 Å². The van der Waals surface area contributed by atoms with Gasteiger partial charge in [-0.25, -0.2) is 0 Å². The molecule has 4 heteroatoms. The van der Waals surface area contributed by atoms with Gasteiger partial charge in [0, 0.05) is 13.1 Å². The van der Waals surface area contributed by atoms with Crippen molar-refractivity contribution in [2.75, 3.05) is 23.7 Å². The van der Waals surface area contributed by atoms with Crippen molar-refractivity contribution in [1.29, 1.82) is 0 Å². The second kappa shape index (κ2) is 5.44. The standard InChI is InChI=1S/C16H21N3S/c1-11-8-9-19(10-12(11)2)16-14(15(17)18-20-16)13-6-4-3-5-7-13/h3-7,11-12H,8-10H2,1-2H3,(H2,17,18). The van der Waals surface area contributed by atoms with Crippen LogP contribution in [0.2, 0.25) is 0 Å². The van der Waals surface area contributed by atoms with Crippen LogP contribution >= 0.6 is 11.5 Å². The Balaban J connectivity index is 1.96. The third kappa shape index (κ3) is 2.40. The van der Waals surface area contributed by atoms with Crippen LogP contribution in [0, 0.1) is 11.8 Å². The van der Waals surface area contributed by atoms with Gasteiger partial charge < -0.3 is 10.6 Å². The summed E-state index contributed by atoms with van der Waals surface area (Å²) < 4.78 is 4.39. The van der Waals surface area contributed by atoms with Crippen molar-refractivity contribution >= 4 is 22.4 Å². The Morgan fingerprint density at radius 1 is 1.20 bits per heavy atom. The van der Waals surface area contributed by atoms with Gasteiger partial charge in [-0.15, -0.1) is 0 Å². The number of nitrogens with zero attached hydrogens (tertiary/aromatic N) is 2. The van der Waals surface area contributed by atoms with Crippen LogP contribution in [-0.2, 0) is 0 Å². The van der Waals surface area contributed by atoms with Gasteiger partial charge in [-0.2, -0.15) is 4.37 Å². The number of piperidine rings is 1. The van der Waals surface area contributed by atoms with Crippen LogP contribution in [0.1, 0.15) is 20.3 Å². The molecule has 1 saturated heterocycles. The van der Waals surface area contributed by atoms with Crippen LogP contribution in [0.4, 0.5) is 10.8 Å². The third-order valence-corrected chi connectivity index (χ3v) is 5.31. The largest absolute Gasteiger partial charge is 0.382 e. The van der Waals surface area contributed by atoms with Crippen LogP contribution in [-0.4, -0.2) is 17.5 Å². The molecular formula is C16H21N3S. The van der Waals surface area contributed by atoms with Crippen molar-refractivity contribution in [3.05, 3.63) is 30.3 Å². The average Bonchev–Trinajstić information content (AvgIpc) is 2.85. The molecule has 0 saturated carbocycles. The second-order valence-corrected chi connectivity index (χ2v) is 6.56. The lowest BCUT2D eigenvalue weighted by Crippen LogP contribution is -2.38. The zero-order valence-electron chi connectivity index (χ0n) is 12.0. The first-order valence-corrected chi connectivity index (χ1v) is 7.99. The molecule has 0 bridgehead atoms. The Morgan fingerprint density at radius 2 is 1.95 bits per heavy atom. The highest BCUT2D eigenvalue weighted by Crippen LogP contribution is 2.41. The molecule has 2 aromatic rings.